The van der Waals surface area contributed by atoms with E-state index in [1.165, 1.54) is 17.7 Å². The Kier molecular flexibility index (Phi) is 5.67. The minimum Gasteiger partial charge on any atom is -0.340 e. The Morgan fingerprint density at radius 3 is 2.41 bits per heavy atom. The second-order valence-electron chi connectivity index (χ2n) is 7.34. The molecule has 29 heavy (non-hydrogen) atoms. The largest absolute Gasteiger partial charge is 0.340 e. The quantitative estimate of drug-likeness (QED) is 0.666. The van der Waals surface area contributed by atoms with Crippen molar-refractivity contribution in [1.82, 2.24) is 19.9 Å². The van der Waals surface area contributed by atoms with Gasteiger partial charge in [0.2, 0.25) is 5.91 Å². The molecule has 1 aliphatic heterocycles. The topological polar surface area (TPSA) is 62.5 Å². The molecule has 1 aliphatic rings. The highest BCUT2D eigenvalue weighted by atomic mass is 19.1. The number of aryl methyl sites for hydroxylation is 1. The Morgan fingerprint density at radius 2 is 1.72 bits per heavy atom. The van der Waals surface area contributed by atoms with E-state index in [0.29, 0.717) is 37.8 Å². The molecule has 2 aromatic carbocycles. The van der Waals surface area contributed by atoms with Crippen molar-refractivity contribution >= 4 is 5.91 Å². The molecule has 0 atom stereocenters. The first kappa shape index (κ1) is 19.3. The number of amides is 1. The van der Waals surface area contributed by atoms with Crippen LogP contribution < -0.4 is 0 Å². The lowest BCUT2D eigenvalue weighted by atomic mass is 10.1. The maximum absolute atomic E-state index is 13.0. The van der Waals surface area contributed by atoms with Crippen LogP contribution in [0.2, 0.25) is 0 Å². The number of carbonyl (C=O) groups is 1. The third-order valence-corrected chi connectivity index (χ3v) is 5.13. The molecule has 0 aliphatic carbocycles. The Labute approximate surface area is 168 Å². The number of rotatable bonds is 5. The van der Waals surface area contributed by atoms with E-state index in [-0.39, 0.29) is 11.7 Å². The Balaban J connectivity index is 1.28. The van der Waals surface area contributed by atoms with Gasteiger partial charge in [-0.25, -0.2) is 4.39 Å². The lowest BCUT2D eigenvalue weighted by Gasteiger charge is -2.34. The van der Waals surface area contributed by atoms with E-state index in [0.717, 1.165) is 24.2 Å². The van der Waals surface area contributed by atoms with Gasteiger partial charge < -0.3 is 9.42 Å². The fourth-order valence-corrected chi connectivity index (χ4v) is 3.38. The summed E-state index contributed by atoms with van der Waals surface area (Å²) in [6.07, 6.45) is 0.297. The fraction of sp³-hybridized carbons (Fsp3) is 0.318. The molecule has 1 aromatic heterocycles. The number of halogens is 1. The molecule has 0 unspecified atom stereocenters. The average Bonchev–Trinajstić information content (AvgIpc) is 3.19. The van der Waals surface area contributed by atoms with Crippen LogP contribution in [0, 0.1) is 12.7 Å². The molecular formula is C22H23FN4O2. The van der Waals surface area contributed by atoms with Crippen molar-refractivity contribution in [1.29, 1.82) is 0 Å². The van der Waals surface area contributed by atoms with E-state index in [4.69, 9.17) is 4.52 Å². The van der Waals surface area contributed by atoms with Crippen LogP contribution in [-0.4, -0.2) is 52.0 Å². The fourth-order valence-electron chi connectivity index (χ4n) is 3.38. The second-order valence-corrected chi connectivity index (χ2v) is 7.34. The zero-order valence-electron chi connectivity index (χ0n) is 16.3. The van der Waals surface area contributed by atoms with Crippen molar-refractivity contribution in [2.24, 2.45) is 0 Å². The SMILES string of the molecule is Cc1ccc(-c2nc(CN3CCN(C(=O)Cc4ccc(F)cc4)CC3)no2)cc1. The zero-order chi connectivity index (χ0) is 20.2. The van der Waals surface area contributed by atoms with Crippen molar-refractivity contribution in [2.75, 3.05) is 26.2 Å². The molecular weight excluding hydrogens is 371 g/mol. The summed E-state index contributed by atoms with van der Waals surface area (Å²) in [6, 6.07) is 14.1. The first-order valence-electron chi connectivity index (χ1n) is 9.71. The second kappa shape index (κ2) is 8.53. The van der Waals surface area contributed by atoms with Gasteiger partial charge in [-0.05, 0) is 36.8 Å². The third-order valence-electron chi connectivity index (χ3n) is 5.13. The van der Waals surface area contributed by atoms with Gasteiger partial charge in [0.25, 0.3) is 5.89 Å². The summed E-state index contributed by atoms with van der Waals surface area (Å²) in [5, 5.41) is 4.09. The van der Waals surface area contributed by atoms with Crippen molar-refractivity contribution < 1.29 is 13.7 Å². The van der Waals surface area contributed by atoms with Crippen LogP contribution in [0.1, 0.15) is 17.0 Å². The molecule has 1 fully saturated rings. The molecule has 6 nitrogen and oxygen atoms in total. The number of piperazine rings is 1. The maximum Gasteiger partial charge on any atom is 0.257 e. The normalized spacial score (nSPS) is 14.9. The van der Waals surface area contributed by atoms with Crippen molar-refractivity contribution in [2.45, 2.75) is 19.9 Å². The van der Waals surface area contributed by atoms with Gasteiger partial charge in [-0.3, -0.25) is 9.69 Å². The van der Waals surface area contributed by atoms with E-state index >= 15 is 0 Å². The minimum absolute atomic E-state index is 0.0671. The summed E-state index contributed by atoms with van der Waals surface area (Å²) in [6.45, 7) is 5.45. The number of benzene rings is 2. The van der Waals surface area contributed by atoms with Crippen molar-refractivity contribution in [3.63, 3.8) is 0 Å². The van der Waals surface area contributed by atoms with Gasteiger partial charge in [-0.2, -0.15) is 4.98 Å². The Hall–Kier alpha value is -3.06. The van der Waals surface area contributed by atoms with Crippen LogP contribution in [0.15, 0.2) is 53.1 Å². The highest BCUT2D eigenvalue weighted by molar-refractivity contribution is 5.78. The van der Waals surface area contributed by atoms with Gasteiger partial charge in [0.15, 0.2) is 5.82 Å². The first-order chi connectivity index (χ1) is 14.1. The number of hydrogen-bond acceptors (Lipinski definition) is 5. The highest BCUT2D eigenvalue weighted by Crippen LogP contribution is 2.18. The summed E-state index contributed by atoms with van der Waals surface area (Å²) in [4.78, 5) is 21.0. The molecule has 1 amide bonds. The van der Waals surface area contributed by atoms with E-state index in [9.17, 15) is 9.18 Å². The van der Waals surface area contributed by atoms with Gasteiger partial charge >= 0.3 is 0 Å². The predicted molar refractivity (Wildman–Crippen MR) is 106 cm³/mol. The summed E-state index contributed by atoms with van der Waals surface area (Å²) >= 11 is 0. The van der Waals surface area contributed by atoms with Crippen LogP contribution in [-0.2, 0) is 17.8 Å². The van der Waals surface area contributed by atoms with Gasteiger partial charge in [-0.1, -0.05) is 35.0 Å². The number of aromatic nitrogens is 2. The third kappa shape index (κ3) is 4.86. The number of nitrogens with zero attached hydrogens (tertiary/aromatic N) is 4. The molecule has 150 valence electrons. The maximum atomic E-state index is 13.0. The van der Waals surface area contributed by atoms with Crippen LogP contribution in [0.5, 0.6) is 0 Å². The van der Waals surface area contributed by atoms with Gasteiger partial charge in [0, 0.05) is 31.7 Å². The molecule has 0 spiro atoms. The first-order valence-corrected chi connectivity index (χ1v) is 9.71. The molecule has 0 saturated carbocycles. The van der Waals surface area contributed by atoms with Crippen LogP contribution in [0.25, 0.3) is 11.5 Å². The van der Waals surface area contributed by atoms with Crippen molar-refractivity contribution in [3.8, 4) is 11.5 Å². The molecule has 0 radical (unpaired) electrons. The van der Waals surface area contributed by atoms with Gasteiger partial charge in [0.05, 0.1) is 13.0 Å². The number of carbonyl (C=O) groups excluding carboxylic acids is 1. The van der Waals surface area contributed by atoms with Gasteiger partial charge in [0.1, 0.15) is 5.82 Å². The van der Waals surface area contributed by atoms with Crippen molar-refractivity contribution in [3.05, 3.63) is 71.3 Å². The van der Waals surface area contributed by atoms with Gasteiger partial charge in [-0.15, -0.1) is 0 Å². The monoisotopic (exact) mass is 394 g/mol. The van der Waals surface area contributed by atoms with Crippen LogP contribution in [0.3, 0.4) is 0 Å². The van der Waals surface area contributed by atoms with Crippen LogP contribution >= 0.6 is 0 Å². The summed E-state index contributed by atoms with van der Waals surface area (Å²) in [7, 11) is 0. The average molecular weight is 394 g/mol. The molecule has 0 bridgehead atoms. The standard InChI is InChI=1S/C22H23FN4O2/c1-16-2-6-18(7-3-16)22-24-20(25-29-22)15-26-10-12-27(13-11-26)21(28)14-17-4-8-19(23)9-5-17/h2-9H,10-15H2,1H3. The van der Waals surface area contributed by atoms with E-state index in [1.807, 2.05) is 36.1 Å². The summed E-state index contributed by atoms with van der Waals surface area (Å²) < 4.78 is 18.4. The highest BCUT2D eigenvalue weighted by Gasteiger charge is 2.22. The zero-order valence-corrected chi connectivity index (χ0v) is 16.3. The summed E-state index contributed by atoms with van der Waals surface area (Å²) in [5.41, 5.74) is 2.92. The van der Waals surface area contributed by atoms with E-state index < -0.39 is 0 Å². The molecule has 2 heterocycles. The molecule has 1 saturated heterocycles. The molecule has 7 heteroatoms. The summed E-state index contributed by atoms with van der Waals surface area (Å²) in [5.74, 6) is 0.944. The molecule has 4 rings (SSSR count). The Bertz CT molecular complexity index is 961. The predicted octanol–water partition coefficient (Wildman–Crippen LogP) is 3.07. The smallest absolute Gasteiger partial charge is 0.257 e. The van der Waals surface area contributed by atoms with Crippen LogP contribution in [0.4, 0.5) is 4.39 Å². The molecule has 0 N–H and O–H groups in total. The lowest BCUT2D eigenvalue weighted by Crippen LogP contribution is -2.48. The lowest BCUT2D eigenvalue weighted by molar-refractivity contribution is -0.132. The van der Waals surface area contributed by atoms with E-state index in [1.54, 1.807) is 12.1 Å². The Morgan fingerprint density at radius 1 is 1.03 bits per heavy atom. The molecule has 3 aromatic rings. The van der Waals surface area contributed by atoms with E-state index in [2.05, 4.69) is 15.0 Å². The minimum atomic E-state index is -0.290. The number of hydrogen-bond donors (Lipinski definition) is 0.